The molecule has 2 N–H and O–H groups in total. The highest BCUT2D eigenvalue weighted by Crippen LogP contribution is 2.07. The second-order valence-electron chi connectivity index (χ2n) is 1.47. The molecule has 0 bridgehead atoms. The van der Waals surface area contributed by atoms with Crippen molar-refractivity contribution in [3.63, 3.8) is 0 Å². The molecule has 0 rings (SSSR count). The molecule has 0 aromatic heterocycles. The SMILES string of the molecule is O=C(O)OC(OC(=O)O)C(F)F. The standard InChI is InChI=1S/C4H4F2O6/c5-1(6)2(11-3(7)8)12-4(9)10/h1-2H,(H,7,8)(H,9,10). The van der Waals surface area contributed by atoms with Crippen LogP contribution in [0, 0.1) is 0 Å². The van der Waals surface area contributed by atoms with E-state index in [1.165, 1.54) is 0 Å². The lowest BCUT2D eigenvalue weighted by Crippen LogP contribution is -2.29. The first-order chi connectivity index (χ1) is 5.43. The maximum absolute atomic E-state index is 11.6. The van der Waals surface area contributed by atoms with Crippen LogP contribution in [0.1, 0.15) is 0 Å². The summed E-state index contributed by atoms with van der Waals surface area (Å²) in [6.07, 6.45) is -10.0. The van der Waals surface area contributed by atoms with Crippen LogP contribution in [0.15, 0.2) is 0 Å². The van der Waals surface area contributed by atoms with E-state index < -0.39 is 25.0 Å². The van der Waals surface area contributed by atoms with Crippen molar-refractivity contribution in [1.82, 2.24) is 0 Å². The fourth-order valence-electron chi connectivity index (χ4n) is 0.326. The Bertz CT molecular complexity index is 164. The average molecular weight is 186 g/mol. The Morgan fingerprint density at radius 3 is 1.58 bits per heavy atom. The molecule has 0 aromatic rings. The minimum absolute atomic E-state index is 2.04. The summed E-state index contributed by atoms with van der Waals surface area (Å²) in [6, 6.07) is 0. The zero-order chi connectivity index (χ0) is 9.72. The summed E-state index contributed by atoms with van der Waals surface area (Å²) in [5, 5.41) is 15.6. The van der Waals surface area contributed by atoms with E-state index in [4.69, 9.17) is 10.2 Å². The molecule has 0 unspecified atom stereocenters. The van der Waals surface area contributed by atoms with Gasteiger partial charge in [0, 0.05) is 0 Å². The minimum Gasteiger partial charge on any atom is -0.450 e. The monoisotopic (exact) mass is 186 g/mol. The van der Waals surface area contributed by atoms with E-state index in [9.17, 15) is 18.4 Å². The number of alkyl halides is 2. The fraction of sp³-hybridized carbons (Fsp3) is 0.500. The van der Waals surface area contributed by atoms with Gasteiger partial charge in [-0.2, -0.15) is 0 Å². The van der Waals surface area contributed by atoms with Crippen molar-refractivity contribution in [2.75, 3.05) is 0 Å². The van der Waals surface area contributed by atoms with Gasteiger partial charge in [0.15, 0.2) is 0 Å². The number of hydrogen-bond acceptors (Lipinski definition) is 4. The molecule has 8 heteroatoms. The predicted octanol–water partition coefficient (Wildman–Crippen LogP) is 0.967. The first-order valence-electron chi connectivity index (χ1n) is 2.50. The van der Waals surface area contributed by atoms with Gasteiger partial charge in [-0.1, -0.05) is 0 Å². The van der Waals surface area contributed by atoms with Gasteiger partial charge in [0.05, 0.1) is 0 Å². The second kappa shape index (κ2) is 4.31. The summed E-state index contributed by atoms with van der Waals surface area (Å²) in [6.45, 7) is 0. The van der Waals surface area contributed by atoms with Crippen LogP contribution in [0.5, 0.6) is 0 Å². The van der Waals surface area contributed by atoms with Crippen LogP contribution in [0.3, 0.4) is 0 Å². The third-order valence-corrected chi connectivity index (χ3v) is 0.640. The van der Waals surface area contributed by atoms with Crippen LogP contribution in [0.2, 0.25) is 0 Å². The van der Waals surface area contributed by atoms with Gasteiger partial charge in [-0.3, -0.25) is 0 Å². The molecule has 0 aliphatic heterocycles. The fourth-order valence-corrected chi connectivity index (χ4v) is 0.326. The van der Waals surface area contributed by atoms with Crippen molar-refractivity contribution in [1.29, 1.82) is 0 Å². The molecule has 0 amide bonds. The molecule has 0 atom stereocenters. The molecule has 6 nitrogen and oxygen atoms in total. The van der Waals surface area contributed by atoms with E-state index in [1.807, 2.05) is 0 Å². The zero-order valence-corrected chi connectivity index (χ0v) is 5.44. The topological polar surface area (TPSA) is 93.1 Å². The molecule has 0 heterocycles. The zero-order valence-electron chi connectivity index (χ0n) is 5.44. The van der Waals surface area contributed by atoms with Crippen molar-refractivity contribution in [2.24, 2.45) is 0 Å². The number of carboxylic acid groups (broad SMARTS) is 2. The van der Waals surface area contributed by atoms with Crippen molar-refractivity contribution < 1.29 is 38.1 Å². The summed E-state index contributed by atoms with van der Waals surface area (Å²) in [4.78, 5) is 19.3. The van der Waals surface area contributed by atoms with Crippen LogP contribution in [-0.4, -0.2) is 35.2 Å². The highest BCUT2D eigenvalue weighted by molar-refractivity contribution is 5.59. The summed E-state index contributed by atoms with van der Waals surface area (Å²) in [5.74, 6) is 0. The Hall–Kier alpha value is -1.60. The van der Waals surface area contributed by atoms with Gasteiger partial charge in [0.2, 0.25) is 0 Å². The first-order valence-corrected chi connectivity index (χ1v) is 2.50. The molecule has 0 aliphatic carbocycles. The lowest BCUT2D eigenvalue weighted by Gasteiger charge is -2.12. The van der Waals surface area contributed by atoms with Crippen molar-refractivity contribution >= 4 is 12.3 Å². The van der Waals surface area contributed by atoms with Gasteiger partial charge in [-0.25, -0.2) is 18.4 Å². The van der Waals surface area contributed by atoms with Gasteiger partial charge in [0.1, 0.15) is 0 Å². The minimum atomic E-state index is -3.35. The molecule has 0 radical (unpaired) electrons. The maximum Gasteiger partial charge on any atom is 0.509 e. The second-order valence-corrected chi connectivity index (χ2v) is 1.47. The summed E-state index contributed by atoms with van der Waals surface area (Å²) < 4.78 is 30.1. The Kier molecular flexibility index (Phi) is 3.74. The molecule has 70 valence electrons. The van der Waals surface area contributed by atoms with E-state index in [0.29, 0.717) is 0 Å². The first kappa shape index (κ1) is 10.4. The van der Waals surface area contributed by atoms with Crippen LogP contribution >= 0.6 is 0 Å². The molecule has 0 spiro atoms. The summed E-state index contributed by atoms with van der Waals surface area (Å²) in [5.41, 5.74) is 0. The lowest BCUT2D eigenvalue weighted by molar-refractivity contribution is -0.160. The number of halogens is 2. The molecular formula is C4H4F2O6. The number of hydrogen-bond donors (Lipinski definition) is 2. The van der Waals surface area contributed by atoms with Gasteiger partial charge in [-0.05, 0) is 0 Å². The van der Waals surface area contributed by atoms with Crippen LogP contribution in [-0.2, 0) is 9.47 Å². The lowest BCUT2D eigenvalue weighted by atomic mass is 10.7. The molecule has 0 aromatic carbocycles. The third-order valence-electron chi connectivity index (χ3n) is 0.640. The highest BCUT2D eigenvalue weighted by Gasteiger charge is 2.28. The molecule has 12 heavy (non-hydrogen) atoms. The largest absolute Gasteiger partial charge is 0.509 e. The number of rotatable bonds is 3. The molecule has 0 saturated carbocycles. The Balaban J connectivity index is 4.04. The van der Waals surface area contributed by atoms with Gasteiger partial charge in [-0.15, -0.1) is 0 Å². The Labute approximate surface area is 64.3 Å². The highest BCUT2D eigenvalue weighted by atomic mass is 19.3. The van der Waals surface area contributed by atoms with E-state index in [-0.39, 0.29) is 0 Å². The van der Waals surface area contributed by atoms with Crippen LogP contribution < -0.4 is 0 Å². The number of ether oxygens (including phenoxy) is 2. The van der Waals surface area contributed by atoms with E-state index >= 15 is 0 Å². The van der Waals surface area contributed by atoms with Gasteiger partial charge in [0.25, 0.3) is 0 Å². The van der Waals surface area contributed by atoms with Gasteiger partial charge < -0.3 is 19.7 Å². The van der Waals surface area contributed by atoms with Crippen LogP contribution in [0.4, 0.5) is 18.4 Å². The summed E-state index contributed by atoms with van der Waals surface area (Å²) >= 11 is 0. The Morgan fingerprint density at radius 1 is 1.08 bits per heavy atom. The quantitative estimate of drug-likeness (QED) is 0.503. The Morgan fingerprint density at radius 2 is 1.42 bits per heavy atom. The summed E-state index contributed by atoms with van der Waals surface area (Å²) in [7, 11) is 0. The van der Waals surface area contributed by atoms with Crippen molar-refractivity contribution in [3.8, 4) is 0 Å². The van der Waals surface area contributed by atoms with Gasteiger partial charge >= 0.3 is 25.0 Å². The van der Waals surface area contributed by atoms with Crippen LogP contribution in [0.25, 0.3) is 0 Å². The van der Waals surface area contributed by atoms with Crippen molar-refractivity contribution in [3.05, 3.63) is 0 Å². The molecular weight excluding hydrogens is 182 g/mol. The van der Waals surface area contributed by atoms with E-state index in [0.717, 1.165) is 0 Å². The van der Waals surface area contributed by atoms with E-state index in [1.54, 1.807) is 0 Å². The third kappa shape index (κ3) is 4.25. The molecule has 0 fully saturated rings. The van der Waals surface area contributed by atoms with E-state index in [2.05, 4.69) is 9.47 Å². The molecule has 0 aliphatic rings. The normalized spacial score (nSPS) is 10.0. The maximum atomic E-state index is 11.6. The van der Waals surface area contributed by atoms with Crippen molar-refractivity contribution in [2.45, 2.75) is 12.7 Å². The smallest absolute Gasteiger partial charge is 0.450 e. The number of carbonyl (C=O) groups is 2. The predicted molar refractivity (Wildman–Crippen MR) is 28.0 cm³/mol. The molecule has 0 saturated heterocycles. The average Bonchev–Trinajstić information content (AvgIpc) is 1.83.